The van der Waals surface area contributed by atoms with Crippen molar-refractivity contribution in [3.8, 4) is 0 Å². The van der Waals surface area contributed by atoms with Gasteiger partial charge < -0.3 is 10.2 Å². The molecule has 2 aromatic carbocycles. The first-order chi connectivity index (χ1) is 14.9. The minimum Gasteiger partial charge on any atom is -0.355 e. The summed E-state index contributed by atoms with van der Waals surface area (Å²) in [6.07, 6.45) is 0.994. The third kappa shape index (κ3) is 6.85. The molecule has 174 valence electrons. The number of rotatable bonds is 9. The largest absolute Gasteiger partial charge is 0.355 e. The molecule has 0 radical (unpaired) electrons. The molecule has 0 saturated carbocycles. The summed E-state index contributed by atoms with van der Waals surface area (Å²) < 4.78 is 26.0. The van der Waals surface area contributed by atoms with Crippen LogP contribution in [-0.2, 0) is 26.2 Å². The van der Waals surface area contributed by atoms with Gasteiger partial charge in [-0.05, 0) is 50.1 Å². The van der Waals surface area contributed by atoms with Crippen LogP contribution in [0.2, 0.25) is 10.0 Å². The van der Waals surface area contributed by atoms with Gasteiger partial charge in [0.2, 0.25) is 21.8 Å². The summed E-state index contributed by atoms with van der Waals surface area (Å²) in [5.41, 5.74) is 1.98. The second kappa shape index (κ2) is 11.0. The average Bonchev–Trinajstić information content (AvgIpc) is 2.69. The number of nitrogens with one attached hydrogen (secondary N) is 1. The summed E-state index contributed by atoms with van der Waals surface area (Å²) in [6.45, 7) is 5.36. The number of sulfonamides is 1. The fourth-order valence-electron chi connectivity index (χ4n) is 3.17. The smallest absolute Gasteiger partial charge is 0.244 e. The van der Waals surface area contributed by atoms with Gasteiger partial charge in [0.15, 0.2) is 0 Å². The van der Waals surface area contributed by atoms with Crippen molar-refractivity contribution in [2.24, 2.45) is 0 Å². The zero-order chi connectivity index (χ0) is 24.1. The lowest BCUT2D eigenvalue weighted by molar-refractivity contribution is -0.139. The highest BCUT2D eigenvalue weighted by atomic mass is 35.5. The maximum Gasteiger partial charge on any atom is 0.244 e. The van der Waals surface area contributed by atoms with Gasteiger partial charge in [-0.15, -0.1) is 0 Å². The first-order valence-electron chi connectivity index (χ1n) is 9.99. The van der Waals surface area contributed by atoms with Gasteiger partial charge in [-0.25, -0.2) is 8.42 Å². The monoisotopic (exact) mass is 499 g/mol. The van der Waals surface area contributed by atoms with Gasteiger partial charge >= 0.3 is 0 Å². The van der Waals surface area contributed by atoms with Crippen LogP contribution in [0.3, 0.4) is 0 Å². The predicted molar refractivity (Wildman–Crippen MR) is 129 cm³/mol. The molecule has 10 heteroatoms. The molecule has 2 aromatic rings. The van der Waals surface area contributed by atoms with Crippen LogP contribution >= 0.6 is 23.2 Å². The van der Waals surface area contributed by atoms with E-state index < -0.39 is 28.5 Å². The summed E-state index contributed by atoms with van der Waals surface area (Å²) >= 11 is 12.1. The quantitative estimate of drug-likeness (QED) is 0.570. The maximum atomic E-state index is 13.4. The molecule has 1 N–H and O–H groups in total. The Morgan fingerprint density at radius 3 is 2.22 bits per heavy atom. The standard InChI is InChI=1S/C22H27Cl2N3O4S/c1-5-25-22(29)16(3)26(13-17-9-7-6-8-15(17)2)21(28)14-27(32(4,30)31)20-11-18(23)10-19(24)12-20/h6-12,16H,5,13-14H2,1-4H3,(H,25,29). The Labute approximate surface area is 199 Å². The minimum absolute atomic E-state index is 0.151. The van der Waals surface area contributed by atoms with Crippen LogP contribution < -0.4 is 9.62 Å². The fraction of sp³-hybridized carbons (Fsp3) is 0.364. The van der Waals surface area contributed by atoms with Crippen molar-refractivity contribution in [1.82, 2.24) is 10.2 Å². The van der Waals surface area contributed by atoms with E-state index in [1.165, 1.54) is 23.1 Å². The molecule has 1 unspecified atom stereocenters. The number of hydrogen-bond donors (Lipinski definition) is 1. The molecule has 0 aliphatic rings. The third-order valence-corrected chi connectivity index (χ3v) is 6.51. The summed E-state index contributed by atoms with van der Waals surface area (Å²) in [5.74, 6) is -0.861. The van der Waals surface area contributed by atoms with Crippen molar-refractivity contribution < 1.29 is 18.0 Å². The Morgan fingerprint density at radius 2 is 1.69 bits per heavy atom. The van der Waals surface area contributed by atoms with E-state index in [4.69, 9.17) is 23.2 Å². The second-order valence-electron chi connectivity index (χ2n) is 7.42. The molecule has 0 aliphatic heterocycles. The molecule has 0 spiro atoms. The Kier molecular flexibility index (Phi) is 8.95. The van der Waals surface area contributed by atoms with Crippen molar-refractivity contribution in [2.45, 2.75) is 33.4 Å². The average molecular weight is 500 g/mol. The van der Waals surface area contributed by atoms with Crippen molar-refractivity contribution in [3.63, 3.8) is 0 Å². The van der Waals surface area contributed by atoms with Crippen LogP contribution in [0.5, 0.6) is 0 Å². The Balaban J connectivity index is 2.43. The maximum absolute atomic E-state index is 13.4. The molecule has 0 aliphatic carbocycles. The Bertz CT molecular complexity index is 1070. The lowest BCUT2D eigenvalue weighted by atomic mass is 10.1. The summed E-state index contributed by atoms with van der Waals surface area (Å²) in [6, 6.07) is 11.0. The molecular weight excluding hydrogens is 473 g/mol. The molecule has 0 aromatic heterocycles. The molecule has 0 bridgehead atoms. The van der Waals surface area contributed by atoms with E-state index in [-0.39, 0.29) is 28.2 Å². The summed E-state index contributed by atoms with van der Waals surface area (Å²) in [5, 5.41) is 3.19. The van der Waals surface area contributed by atoms with E-state index in [0.717, 1.165) is 21.7 Å². The molecular formula is C22H27Cl2N3O4S. The van der Waals surface area contributed by atoms with Crippen LogP contribution in [-0.4, -0.2) is 50.5 Å². The summed E-state index contributed by atoms with van der Waals surface area (Å²) in [7, 11) is -3.85. The van der Waals surface area contributed by atoms with Crippen molar-refractivity contribution in [1.29, 1.82) is 0 Å². The number of aryl methyl sites for hydroxylation is 1. The molecule has 2 rings (SSSR count). The SMILES string of the molecule is CCNC(=O)C(C)N(Cc1ccccc1C)C(=O)CN(c1cc(Cl)cc(Cl)c1)S(C)(=O)=O. The molecule has 0 fully saturated rings. The van der Waals surface area contributed by atoms with Crippen molar-refractivity contribution in [3.05, 3.63) is 63.6 Å². The van der Waals surface area contributed by atoms with E-state index in [1.807, 2.05) is 31.2 Å². The van der Waals surface area contributed by atoms with Gasteiger partial charge in [-0.1, -0.05) is 47.5 Å². The van der Waals surface area contributed by atoms with E-state index in [2.05, 4.69) is 5.32 Å². The molecule has 0 heterocycles. The number of carbonyl (C=O) groups excluding carboxylic acids is 2. The van der Waals surface area contributed by atoms with Crippen LogP contribution in [0.25, 0.3) is 0 Å². The van der Waals surface area contributed by atoms with E-state index in [0.29, 0.717) is 6.54 Å². The Morgan fingerprint density at radius 1 is 1.09 bits per heavy atom. The van der Waals surface area contributed by atoms with Crippen LogP contribution in [0, 0.1) is 6.92 Å². The third-order valence-electron chi connectivity index (χ3n) is 4.93. The van der Waals surface area contributed by atoms with Gasteiger partial charge in [0.25, 0.3) is 0 Å². The molecule has 32 heavy (non-hydrogen) atoms. The topological polar surface area (TPSA) is 86.8 Å². The number of anilines is 1. The first-order valence-corrected chi connectivity index (χ1v) is 12.6. The minimum atomic E-state index is -3.85. The van der Waals surface area contributed by atoms with Crippen LogP contribution in [0.15, 0.2) is 42.5 Å². The van der Waals surface area contributed by atoms with Crippen LogP contribution in [0.1, 0.15) is 25.0 Å². The first kappa shape index (κ1) is 26.0. The van der Waals surface area contributed by atoms with E-state index in [9.17, 15) is 18.0 Å². The second-order valence-corrected chi connectivity index (χ2v) is 10.2. The number of carbonyl (C=O) groups is 2. The molecule has 2 amide bonds. The number of benzene rings is 2. The molecule has 0 saturated heterocycles. The number of likely N-dealkylation sites (N-methyl/N-ethyl adjacent to an activating group) is 1. The van der Waals surface area contributed by atoms with Gasteiger partial charge in [-0.2, -0.15) is 0 Å². The normalized spacial score (nSPS) is 12.2. The number of hydrogen-bond acceptors (Lipinski definition) is 4. The van der Waals surface area contributed by atoms with E-state index in [1.54, 1.807) is 13.8 Å². The highest BCUT2D eigenvalue weighted by Crippen LogP contribution is 2.27. The zero-order valence-corrected chi connectivity index (χ0v) is 20.8. The number of amides is 2. The van der Waals surface area contributed by atoms with Crippen LogP contribution in [0.4, 0.5) is 5.69 Å². The van der Waals surface area contributed by atoms with Crippen molar-refractivity contribution >= 4 is 50.7 Å². The zero-order valence-electron chi connectivity index (χ0n) is 18.4. The predicted octanol–water partition coefficient (Wildman–Crippen LogP) is 3.62. The van der Waals surface area contributed by atoms with Gasteiger partial charge in [0.1, 0.15) is 12.6 Å². The lowest BCUT2D eigenvalue weighted by Crippen LogP contribution is -2.51. The number of halogens is 2. The summed E-state index contributed by atoms with van der Waals surface area (Å²) in [4.78, 5) is 27.3. The number of nitrogens with zero attached hydrogens (tertiary/aromatic N) is 2. The highest BCUT2D eigenvalue weighted by molar-refractivity contribution is 7.92. The van der Waals surface area contributed by atoms with Crippen molar-refractivity contribution in [2.75, 3.05) is 23.7 Å². The molecule has 7 nitrogen and oxygen atoms in total. The van der Waals surface area contributed by atoms with Gasteiger partial charge in [0, 0.05) is 23.1 Å². The van der Waals surface area contributed by atoms with E-state index >= 15 is 0 Å². The van der Waals surface area contributed by atoms with Gasteiger partial charge in [0.05, 0.1) is 11.9 Å². The lowest BCUT2D eigenvalue weighted by Gasteiger charge is -2.31. The Hall–Kier alpha value is -2.29. The van der Waals surface area contributed by atoms with Gasteiger partial charge in [-0.3, -0.25) is 13.9 Å². The highest BCUT2D eigenvalue weighted by Gasteiger charge is 2.30. The molecule has 1 atom stereocenters. The fourth-order valence-corrected chi connectivity index (χ4v) is 4.52.